The van der Waals surface area contributed by atoms with Crippen molar-refractivity contribution in [3.8, 4) is 0 Å². The quantitative estimate of drug-likeness (QED) is 0.877. The zero-order valence-electron chi connectivity index (χ0n) is 15.7. The highest BCUT2D eigenvalue weighted by Gasteiger charge is 2.35. The lowest BCUT2D eigenvalue weighted by atomic mass is 10.1. The summed E-state index contributed by atoms with van der Waals surface area (Å²) < 4.78 is 0. The fraction of sp³-hybridized carbons (Fsp3) is 0.333. The topological polar surface area (TPSA) is 82.6 Å². The van der Waals surface area contributed by atoms with Crippen molar-refractivity contribution in [1.29, 1.82) is 0 Å². The lowest BCUT2D eigenvalue weighted by Gasteiger charge is -2.19. The monoisotopic (exact) mass is 378 g/mol. The van der Waals surface area contributed by atoms with Crippen molar-refractivity contribution in [1.82, 2.24) is 10.3 Å². The van der Waals surface area contributed by atoms with Crippen LogP contribution in [0.15, 0.2) is 42.7 Å². The summed E-state index contributed by atoms with van der Waals surface area (Å²) >= 11 is 0. The Morgan fingerprint density at radius 2 is 2.14 bits per heavy atom. The largest absolute Gasteiger partial charge is 0.352 e. The number of pyridine rings is 1. The minimum Gasteiger partial charge on any atom is -0.352 e. The average molecular weight is 378 g/mol. The maximum Gasteiger partial charge on any atom is 0.227 e. The molecule has 3 amide bonds. The second-order valence-electron chi connectivity index (χ2n) is 7.22. The number of anilines is 2. The number of fused-ring (bicyclic) bond motifs is 1. The van der Waals surface area contributed by atoms with Crippen molar-refractivity contribution in [2.24, 2.45) is 5.92 Å². The lowest BCUT2D eigenvalue weighted by Crippen LogP contribution is -2.32. The Morgan fingerprint density at radius 1 is 1.29 bits per heavy atom. The number of aromatic nitrogens is 1. The fourth-order valence-corrected chi connectivity index (χ4v) is 3.85. The lowest BCUT2D eigenvalue weighted by molar-refractivity contribution is -0.126. The Bertz CT molecular complexity index is 929. The predicted molar refractivity (Wildman–Crippen MR) is 105 cm³/mol. The molecule has 7 heteroatoms. The van der Waals surface area contributed by atoms with Gasteiger partial charge in [-0.25, -0.2) is 0 Å². The molecular formula is C21H22N4O3. The standard InChI is InChI=1S/C21H22N4O3/c1-14(26)24-8-6-16-9-18(4-5-19(16)24)25-13-17(10-20(25)27)21(28)23-12-15-3-2-7-22-11-15/h2-5,7,9,11,17H,6,8,10,12-13H2,1H3,(H,23,28). The van der Waals surface area contributed by atoms with Crippen LogP contribution in [-0.2, 0) is 27.3 Å². The third-order valence-corrected chi connectivity index (χ3v) is 5.34. The second kappa shape index (κ2) is 7.42. The molecule has 1 unspecified atom stereocenters. The Labute approximate surface area is 163 Å². The maximum atomic E-state index is 12.5. The van der Waals surface area contributed by atoms with Gasteiger partial charge in [-0.05, 0) is 41.8 Å². The third kappa shape index (κ3) is 3.47. The van der Waals surface area contributed by atoms with Gasteiger partial charge in [0, 0.05) is 56.7 Å². The van der Waals surface area contributed by atoms with Crippen LogP contribution in [0.4, 0.5) is 11.4 Å². The molecule has 2 aromatic rings. The maximum absolute atomic E-state index is 12.5. The van der Waals surface area contributed by atoms with Crippen LogP contribution in [0.3, 0.4) is 0 Å². The number of nitrogens with zero attached hydrogens (tertiary/aromatic N) is 3. The molecule has 1 aromatic carbocycles. The molecule has 1 aromatic heterocycles. The van der Waals surface area contributed by atoms with Gasteiger partial charge in [0.05, 0.1) is 5.92 Å². The van der Waals surface area contributed by atoms with Gasteiger partial charge >= 0.3 is 0 Å². The van der Waals surface area contributed by atoms with Crippen LogP contribution < -0.4 is 15.1 Å². The van der Waals surface area contributed by atoms with E-state index in [9.17, 15) is 14.4 Å². The molecule has 1 N–H and O–H groups in total. The SMILES string of the molecule is CC(=O)N1CCc2cc(N3CC(C(=O)NCc4cccnc4)CC3=O)ccc21. The molecule has 0 aliphatic carbocycles. The molecule has 144 valence electrons. The van der Waals surface area contributed by atoms with E-state index in [1.54, 1.807) is 29.1 Å². The molecule has 1 saturated heterocycles. The Hall–Kier alpha value is -3.22. The third-order valence-electron chi connectivity index (χ3n) is 5.34. The Balaban J connectivity index is 1.42. The van der Waals surface area contributed by atoms with E-state index < -0.39 is 0 Å². The van der Waals surface area contributed by atoms with Gasteiger partial charge in [-0.15, -0.1) is 0 Å². The summed E-state index contributed by atoms with van der Waals surface area (Å²) in [6.45, 7) is 2.99. The van der Waals surface area contributed by atoms with E-state index in [1.165, 1.54) is 0 Å². The van der Waals surface area contributed by atoms with Crippen LogP contribution in [0.5, 0.6) is 0 Å². The summed E-state index contributed by atoms with van der Waals surface area (Å²) in [4.78, 5) is 44.1. The Kier molecular flexibility index (Phi) is 4.81. The minimum atomic E-state index is -0.369. The fourth-order valence-electron chi connectivity index (χ4n) is 3.85. The summed E-state index contributed by atoms with van der Waals surface area (Å²) in [5, 5.41) is 2.89. The highest BCUT2D eigenvalue weighted by molar-refractivity contribution is 6.01. The number of hydrogen-bond acceptors (Lipinski definition) is 4. The van der Waals surface area contributed by atoms with E-state index in [0.717, 1.165) is 28.9 Å². The number of hydrogen-bond donors (Lipinski definition) is 1. The van der Waals surface area contributed by atoms with Gasteiger partial charge in [-0.3, -0.25) is 19.4 Å². The number of rotatable bonds is 4. The first-order valence-electron chi connectivity index (χ1n) is 9.41. The highest BCUT2D eigenvalue weighted by atomic mass is 16.2. The molecule has 1 fully saturated rings. The number of nitrogens with one attached hydrogen (secondary N) is 1. The predicted octanol–water partition coefficient (Wildman–Crippen LogP) is 1.66. The van der Waals surface area contributed by atoms with E-state index in [2.05, 4.69) is 10.3 Å². The van der Waals surface area contributed by atoms with Crippen LogP contribution in [0, 0.1) is 5.92 Å². The number of carbonyl (C=O) groups excluding carboxylic acids is 3. The van der Waals surface area contributed by atoms with Crippen LogP contribution in [0.25, 0.3) is 0 Å². The van der Waals surface area contributed by atoms with Gasteiger partial charge in [0.1, 0.15) is 0 Å². The minimum absolute atomic E-state index is 0.0223. The van der Waals surface area contributed by atoms with E-state index in [-0.39, 0.29) is 30.1 Å². The number of carbonyl (C=O) groups is 3. The van der Waals surface area contributed by atoms with Crippen molar-refractivity contribution >= 4 is 29.1 Å². The molecule has 2 aliphatic rings. The molecular weight excluding hydrogens is 356 g/mol. The van der Waals surface area contributed by atoms with Crippen molar-refractivity contribution in [3.05, 3.63) is 53.9 Å². The molecule has 0 saturated carbocycles. The smallest absolute Gasteiger partial charge is 0.227 e. The molecule has 3 heterocycles. The van der Waals surface area contributed by atoms with E-state index in [1.807, 2.05) is 30.3 Å². The highest BCUT2D eigenvalue weighted by Crippen LogP contribution is 2.34. The molecule has 1 atom stereocenters. The molecule has 0 radical (unpaired) electrons. The van der Waals surface area contributed by atoms with Gasteiger partial charge < -0.3 is 15.1 Å². The van der Waals surface area contributed by atoms with Gasteiger partial charge in [0.15, 0.2) is 0 Å². The number of amides is 3. The summed E-state index contributed by atoms with van der Waals surface area (Å²) in [6.07, 6.45) is 4.38. The average Bonchev–Trinajstić information content (AvgIpc) is 3.30. The summed E-state index contributed by atoms with van der Waals surface area (Å²) in [5.74, 6) is -0.522. The second-order valence-corrected chi connectivity index (χ2v) is 7.22. The van der Waals surface area contributed by atoms with E-state index in [4.69, 9.17) is 0 Å². The van der Waals surface area contributed by atoms with E-state index in [0.29, 0.717) is 19.6 Å². The zero-order valence-corrected chi connectivity index (χ0v) is 15.7. The molecule has 2 aliphatic heterocycles. The first kappa shape index (κ1) is 18.2. The van der Waals surface area contributed by atoms with Crippen molar-refractivity contribution in [2.75, 3.05) is 22.9 Å². The van der Waals surface area contributed by atoms with Crippen LogP contribution in [0.2, 0.25) is 0 Å². The van der Waals surface area contributed by atoms with Crippen LogP contribution >= 0.6 is 0 Å². The van der Waals surface area contributed by atoms with Gasteiger partial charge in [0.2, 0.25) is 17.7 Å². The van der Waals surface area contributed by atoms with Crippen LogP contribution in [0.1, 0.15) is 24.5 Å². The van der Waals surface area contributed by atoms with Crippen molar-refractivity contribution < 1.29 is 14.4 Å². The molecule has 0 bridgehead atoms. The van der Waals surface area contributed by atoms with Crippen LogP contribution in [-0.4, -0.2) is 35.8 Å². The molecule has 4 rings (SSSR count). The van der Waals surface area contributed by atoms with Gasteiger partial charge in [-0.2, -0.15) is 0 Å². The first-order valence-corrected chi connectivity index (χ1v) is 9.41. The zero-order chi connectivity index (χ0) is 19.7. The van der Waals surface area contributed by atoms with Crippen molar-refractivity contribution in [2.45, 2.75) is 26.3 Å². The molecule has 0 spiro atoms. The van der Waals surface area contributed by atoms with Crippen molar-refractivity contribution in [3.63, 3.8) is 0 Å². The normalized spacial score (nSPS) is 18.3. The van der Waals surface area contributed by atoms with Gasteiger partial charge in [0.25, 0.3) is 0 Å². The Morgan fingerprint density at radius 3 is 2.89 bits per heavy atom. The number of benzene rings is 1. The first-order chi connectivity index (χ1) is 13.5. The molecule has 7 nitrogen and oxygen atoms in total. The summed E-state index contributed by atoms with van der Waals surface area (Å²) in [5.41, 5.74) is 3.68. The summed E-state index contributed by atoms with van der Waals surface area (Å²) in [6, 6.07) is 9.43. The molecule has 28 heavy (non-hydrogen) atoms. The van der Waals surface area contributed by atoms with E-state index >= 15 is 0 Å². The summed E-state index contributed by atoms with van der Waals surface area (Å²) in [7, 11) is 0. The van der Waals surface area contributed by atoms with Gasteiger partial charge in [-0.1, -0.05) is 6.07 Å².